The van der Waals surface area contributed by atoms with Crippen molar-refractivity contribution < 1.29 is 14.3 Å². The van der Waals surface area contributed by atoms with Crippen LogP contribution in [0.4, 0.5) is 0 Å². The van der Waals surface area contributed by atoms with Crippen molar-refractivity contribution >= 4 is 67.8 Å². The average Bonchev–Trinajstić information content (AvgIpc) is 2.94. The second-order valence-electron chi connectivity index (χ2n) is 6.11. The number of ether oxygens (including phenoxy) is 2. The van der Waals surface area contributed by atoms with Crippen molar-refractivity contribution in [2.24, 2.45) is 0 Å². The number of rotatable bonds is 7. The number of thioether (sulfide) groups is 1. The van der Waals surface area contributed by atoms with Crippen LogP contribution in [0.1, 0.15) is 25.0 Å². The van der Waals surface area contributed by atoms with E-state index in [1.165, 1.54) is 11.8 Å². The van der Waals surface area contributed by atoms with Gasteiger partial charge in [-0.2, -0.15) is 0 Å². The van der Waals surface area contributed by atoms with Gasteiger partial charge in [-0.3, -0.25) is 9.69 Å². The molecule has 0 unspecified atom stereocenters. The van der Waals surface area contributed by atoms with E-state index < -0.39 is 0 Å². The van der Waals surface area contributed by atoms with Crippen LogP contribution >= 0.6 is 51.5 Å². The molecule has 3 rings (SSSR count). The average molecular weight is 513 g/mol. The highest BCUT2D eigenvalue weighted by Crippen LogP contribution is 2.39. The lowest BCUT2D eigenvalue weighted by molar-refractivity contribution is -0.121. The summed E-state index contributed by atoms with van der Waals surface area (Å²) in [5.74, 6) is 1.13. The van der Waals surface area contributed by atoms with Gasteiger partial charge in [-0.25, -0.2) is 0 Å². The second-order valence-corrected chi connectivity index (χ2v) is 9.07. The number of benzene rings is 2. The first-order chi connectivity index (χ1) is 13.9. The Morgan fingerprint density at radius 3 is 2.69 bits per heavy atom. The summed E-state index contributed by atoms with van der Waals surface area (Å²) >= 11 is 16.2. The van der Waals surface area contributed by atoms with Crippen LogP contribution in [-0.4, -0.2) is 28.3 Å². The Kier molecular flexibility index (Phi) is 7.62. The van der Waals surface area contributed by atoms with E-state index in [4.69, 9.17) is 33.3 Å². The third-order valence-electron chi connectivity index (χ3n) is 4.09. The number of likely N-dealkylation sites (N-methyl/N-ethyl adjacent to an activating group) is 1. The van der Waals surface area contributed by atoms with Crippen molar-refractivity contribution in [3.8, 4) is 11.5 Å². The molecule has 2 aromatic rings. The zero-order valence-electron chi connectivity index (χ0n) is 15.9. The van der Waals surface area contributed by atoms with E-state index >= 15 is 0 Å². The van der Waals surface area contributed by atoms with Crippen LogP contribution < -0.4 is 9.47 Å². The summed E-state index contributed by atoms with van der Waals surface area (Å²) in [5, 5.41) is 0.662. The lowest BCUT2D eigenvalue weighted by Crippen LogP contribution is -2.27. The predicted molar refractivity (Wildman–Crippen MR) is 127 cm³/mol. The van der Waals surface area contributed by atoms with Crippen molar-refractivity contribution in [1.29, 1.82) is 0 Å². The largest absolute Gasteiger partial charge is 0.490 e. The number of hydrogen-bond acceptors (Lipinski definition) is 5. The molecule has 1 aliphatic heterocycles. The molecule has 0 spiro atoms. The van der Waals surface area contributed by atoms with Crippen molar-refractivity contribution in [1.82, 2.24) is 4.90 Å². The highest BCUT2D eigenvalue weighted by Gasteiger charge is 2.30. The minimum absolute atomic E-state index is 0.0714. The topological polar surface area (TPSA) is 38.8 Å². The molecule has 0 saturated carbocycles. The molecule has 1 saturated heterocycles. The number of thiocarbonyl (C=S) groups is 1. The van der Waals surface area contributed by atoms with Crippen molar-refractivity contribution in [2.75, 3.05) is 13.2 Å². The Labute approximate surface area is 193 Å². The van der Waals surface area contributed by atoms with Gasteiger partial charge in [-0.1, -0.05) is 47.7 Å². The Morgan fingerprint density at radius 1 is 1.24 bits per heavy atom. The summed E-state index contributed by atoms with van der Waals surface area (Å²) in [6.45, 7) is 5.22. The van der Waals surface area contributed by atoms with Crippen LogP contribution in [0.15, 0.2) is 45.8 Å². The Hall–Kier alpha value is -1.54. The van der Waals surface area contributed by atoms with Gasteiger partial charge in [0.05, 0.1) is 16.0 Å². The Bertz CT molecular complexity index is 980. The Balaban J connectivity index is 1.87. The minimum atomic E-state index is -0.0714. The smallest absolute Gasteiger partial charge is 0.266 e. The number of carbonyl (C=O) groups excluding carboxylic acids is 1. The molecular weight excluding hydrogens is 494 g/mol. The molecule has 1 aliphatic rings. The molecule has 1 fully saturated rings. The van der Waals surface area contributed by atoms with E-state index in [1.54, 1.807) is 4.90 Å². The van der Waals surface area contributed by atoms with Crippen LogP contribution in [0.25, 0.3) is 6.08 Å². The van der Waals surface area contributed by atoms with E-state index in [0.717, 1.165) is 15.6 Å². The van der Waals surface area contributed by atoms with Crippen molar-refractivity contribution in [2.45, 2.75) is 20.5 Å². The van der Waals surface area contributed by atoms with Crippen LogP contribution in [0.5, 0.6) is 11.5 Å². The molecule has 1 amide bonds. The van der Waals surface area contributed by atoms with Gasteiger partial charge in [0.1, 0.15) is 10.9 Å². The maximum atomic E-state index is 12.5. The SMILES string of the molecule is CCOc1cc(/C=C2\SC(=S)N(CC)C2=O)cc(Br)c1OCc1cccc(Cl)c1. The molecular formula is C21H19BrClNO3S2. The summed E-state index contributed by atoms with van der Waals surface area (Å²) in [6.07, 6.45) is 1.82. The zero-order chi connectivity index (χ0) is 21.0. The van der Waals surface area contributed by atoms with Gasteiger partial charge in [-0.05, 0) is 71.2 Å². The van der Waals surface area contributed by atoms with Crippen LogP contribution in [-0.2, 0) is 11.4 Å². The first-order valence-corrected chi connectivity index (χ1v) is 11.4. The fourth-order valence-electron chi connectivity index (χ4n) is 2.78. The fourth-order valence-corrected chi connectivity index (χ4v) is 4.95. The number of nitrogens with zero attached hydrogens (tertiary/aromatic N) is 1. The predicted octanol–water partition coefficient (Wildman–Crippen LogP) is 6.30. The molecule has 2 aromatic carbocycles. The molecule has 29 heavy (non-hydrogen) atoms. The van der Waals surface area contributed by atoms with Crippen molar-refractivity contribution in [3.63, 3.8) is 0 Å². The molecule has 0 bridgehead atoms. The zero-order valence-corrected chi connectivity index (χ0v) is 19.9. The summed E-state index contributed by atoms with van der Waals surface area (Å²) < 4.78 is 13.1. The lowest BCUT2D eigenvalue weighted by Gasteiger charge is -2.15. The fraction of sp³-hybridized carbons (Fsp3) is 0.238. The molecule has 0 radical (unpaired) electrons. The summed E-state index contributed by atoms with van der Waals surface area (Å²) in [5.41, 5.74) is 1.78. The van der Waals surface area contributed by atoms with Gasteiger partial charge in [-0.15, -0.1) is 0 Å². The first kappa shape index (κ1) is 22.2. The van der Waals surface area contributed by atoms with Gasteiger partial charge >= 0.3 is 0 Å². The van der Waals surface area contributed by atoms with E-state index in [2.05, 4.69) is 15.9 Å². The third-order valence-corrected chi connectivity index (χ3v) is 6.29. The molecule has 0 aromatic heterocycles. The Morgan fingerprint density at radius 2 is 2.03 bits per heavy atom. The number of carbonyl (C=O) groups is 1. The van der Waals surface area contributed by atoms with Gasteiger partial charge in [0, 0.05) is 11.6 Å². The van der Waals surface area contributed by atoms with Crippen LogP contribution in [0, 0.1) is 0 Å². The quantitative estimate of drug-likeness (QED) is 0.321. The molecule has 152 valence electrons. The van der Waals surface area contributed by atoms with Crippen LogP contribution in [0.2, 0.25) is 5.02 Å². The van der Waals surface area contributed by atoms with E-state index in [-0.39, 0.29) is 5.91 Å². The molecule has 4 nitrogen and oxygen atoms in total. The van der Waals surface area contributed by atoms with Gasteiger partial charge in [0.25, 0.3) is 5.91 Å². The highest BCUT2D eigenvalue weighted by atomic mass is 79.9. The minimum Gasteiger partial charge on any atom is -0.490 e. The first-order valence-electron chi connectivity index (χ1n) is 9.01. The standard InChI is InChI=1S/C21H19BrClNO3S2/c1-3-24-20(25)18(29-21(24)28)11-14-9-16(22)19(17(10-14)26-4-2)27-12-13-6-5-7-15(23)8-13/h5-11H,3-4,12H2,1-2H3/b18-11-. The molecule has 0 N–H and O–H groups in total. The molecule has 0 aliphatic carbocycles. The number of amides is 1. The van der Waals surface area contributed by atoms with Gasteiger partial charge < -0.3 is 9.47 Å². The van der Waals surface area contributed by atoms with E-state index in [0.29, 0.717) is 45.5 Å². The normalized spacial score (nSPS) is 15.3. The summed E-state index contributed by atoms with van der Waals surface area (Å²) in [6, 6.07) is 11.3. The van der Waals surface area contributed by atoms with E-state index in [9.17, 15) is 4.79 Å². The van der Waals surface area contributed by atoms with Gasteiger partial charge in [0.15, 0.2) is 11.5 Å². The molecule has 8 heteroatoms. The number of halogens is 2. The highest BCUT2D eigenvalue weighted by molar-refractivity contribution is 9.10. The maximum absolute atomic E-state index is 12.5. The summed E-state index contributed by atoms with van der Waals surface area (Å²) in [7, 11) is 0. The molecule has 1 heterocycles. The lowest BCUT2D eigenvalue weighted by atomic mass is 10.1. The van der Waals surface area contributed by atoms with Crippen LogP contribution in [0.3, 0.4) is 0 Å². The van der Waals surface area contributed by atoms with E-state index in [1.807, 2.05) is 56.3 Å². The van der Waals surface area contributed by atoms with Crippen molar-refractivity contribution in [3.05, 3.63) is 61.9 Å². The summed E-state index contributed by atoms with van der Waals surface area (Å²) in [4.78, 5) is 14.7. The monoisotopic (exact) mass is 511 g/mol. The molecule has 0 atom stereocenters. The van der Waals surface area contributed by atoms with Gasteiger partial charge in [0.2, 0.25) is 0 Å². The maximum Gasteiger partial charge on any atom is 0.266 e. The number of hydrogen-bond donors (Lipinski definition) is 0. The third kappa shape index (κ3) is 5.34. The second kappa shape index (κ2) is 9.98.